The van der Waals surface area contributed by atoms with Crippen molar-refractivity contribution in [2.45, 2.75) is 20.8 Å². The van der Waals surface area contributed by atoms with Crippen molar-refractivity contribution in [3.05, 3.63) is 0 Å². The summed E-state index contributed by atoms with van der Waals surface area (Å²) in [4.78, 5) is 5.16. The van der Waals surface area contributed by atoms with Crippen LogP contribution >= 0.6 is 0 Å². The molecule has 3 nitrogen and oxygen atoms in total. The average molecular weight is 215 g/mol. The van der Waals surface area contributed by atoms with E-state index in [4.69, 9.17) is 0 Å². The molecule has 3 heteroatoms. The maximum Gasteiger partial charge on any atom is 0.0110 e. The van der Waals surface area contributed by atoms with Crippen LogP contribution in [0.2, 0.25) is 0 Å². The standard InChI is InChI=1S/C12H27N3.H2/c1-4-13-5-6-14-7-9-15(10-8-14)11-12(2)3;/h12-13H,4-11H2,1-3H3;1H. The molecule has 1 aliphatic rings. The molecule has 0 aliphatic carbocycles. The predicted molar refractivity (Wildman–Crippen MR) is 68.4 cm³/mol. The first-order valence-electron chi connectivity index (χ1n) is 6.37. The van der Waals surface area contributed by atoms with Gasteiger partial charge in [0.25, 0.3) is 0 Å². The number of nitrogens with one attached hydrogen (secondary N) is 1. The molecule has 15 heavy (non-hydrogen) atoms. The topological polar surface area (TPSA) is 18.5 Å². The summed E-state index contributed by atoms with van der Waals surface area (Å²) in [7, 11) is 0. The molecule has 0 amide bonds. The predicted octanol–water partition coefficient (Wildman–Crippen LogP) is 1.12. The van der Waals surface area contributed by atoms with Crippen molar-refractivity contribution >= 4 is 0 Å². The molecule has 1 aliphatic heterocycles. The van der Waals surface area contributed by atoms with Gasteiger partial charge < -0.3 is 10.2 Å². The van der Waals surface area contributed by atoms with Gasteiger partial charge in [-0.3, -0.25) is 4.90 Å². The van der Waals surface area contributed by atoms with Gasteiger partial charge in [0.1, 0.15) is 0 Å². The van der Waals surface area contributed by atoms with Gasteiger partial charge in [-0.05, 0) is 12.5 Å². The third kappa shape index (κ3) is 5.50. The summed E-state index contributed by atoms with van der Waals surface area (Å²) in [5.41, 5.74) is 0. The van der Waals surface area contributed by atoms with Crippen molar-refractivity contribution in [3.63, 3.8) is 0 Å². The molecular weight excluding hydrogens is 186 g/mol. The van der Waals surface area contributed by atoms with Crippen LogP contribution in [-0.4, -0.2) is 62.2 Å². The van der Waals surface area contributed by atoms with Gasteiger partial charge in [0.15, 0.2) is 0 Å². The lowest BCUT2D eigenvalue weighted by atomic mass is 10.2. The van der Waals surface area contributed by atoms with Gasteiger partial charge in [-0.25, -0.2) is 0 Å². The molecule has 1 saturated heterocycles. The molecule has 0 aromatic heterocycles. The zero-order valence-electron chi connectivity index (χ0n) is 10.6. The van der Waals surface area contributed by atoms with Gasteiger partial charge in [-0.2, -0.15) is 0 Å². The van der Waals surface area contributed by atoms with Crippen LogP contribution in [0.15, 0.2) is 0 Å². The molecule has 0 atom stereocenters. The maximum absolute atomic E-state index is 3.38. The lowest BCUT2D eigenvalue weighted by Crippen LogP contribution is -2.48. The van der Waals surface area contributed by atoms with Gasteiger partial charge in [0.2, 0.25) is 0 Å². The van der Waals surface area contributed by atoms with Crippen LogP contribution in [-0.2, 0) is 0 Å². The molecule has 1 heterocycles. The molecule has 0 aromatic carbocycles. The molecule has 0 unspecified atom stereocenters. The van der Waals surface area contributed by atoms with E-state index in [0.717, 1.165) is 19.0 Å². The highest BCUT2D eigenvalue weighted by molar-refractivity contribution is 4.72. The van der Waals surface area contributed by atoms with Crippen LogP contribution in [0.1, 0.15) is 22.2 Å². The number of likely N-dealkylation sites (N-methyl/N-ethyl adjacent to an activating group) is 1. The summed E-state index contributed by atoms with van der Waals surface area (Å²) in [6.07, 6.45) is 0. The Hall–Kier alpha value is -0.120. The summed E-state index contributed by atoms with van der Waals surface area (Å²) in [5.74, 6) is 0.804. The van der Waals surface area contributed by atoms with E-state index >= 15 is 0 Å². The first kappa shape index (κ1) is 12.9. The number of nitrogens with zero attached hydrogens (tertiary/aromatic N) is 2. The smallest absolute Gasteiger partial charge is 0.0110 e. The lowest BCUT2D eigenvalue weighted by Gasteiger charge is -2.35. The number of hydrogen-bond acceptors (Lipinski definition) is 3. The highest BCUT2D eigenvalue weighted by Gasteiger charge is 2.16. The monoisotopic (exact) mass is 215 g/mol. The fourth-order valence-corrected chi connectivity index (χ4v) is 2.13. The van der Waals surface area contributed by atoms with E-state index in [9.17, 15) is 0 Å². The molecule has 0 saturated carbocycles. The van der Waals surface area contributed by atoms with Gasteiger partial charge in [-0.1, -0.05) is 20.8 Å². The van der Waals surface area contributed by atoms with E-state index in [1.54, 1.807) is 0 Å². The molecule has 0 spiro atoms. The van der Waals surface area contributed by atoms with Crippen molar-refractivity contribution in [2.75, 3.05) is 52.4 Å². The van der Waals surface area contributed by atoms with Crippen LogP contribution in [0.25, 0.3) is 0 Å². The second kappa shape index (κ2) is 7.20. The minimum Gasteiger partial charge on any atom is -0.316 e. The number of hydrogen-bond donors (Lipinski definition) is 1. The van der Waals surface area contributed by atoms with Crippen LogP contribution in [0.5, 0.6) is 0 Å². The first-order chi connectivity index (χ1) is 7.22. The number of rotatable bonds is 6. The minimum atomic E-state index is 0. The Kier molecular flexibility index (Phi) is 6.22. The van der Waals surface area contributed by atoms with Crippen molar-refractivity contribution in [1.82, 2.24) is 15.1 Å². The highest BCUT2D eigenvalue weighted by atomic mass is 15.3. The summed E-state index contributed by atoms with van der Waals surface area (Å²) in [6.45, 7) is 16.5. The molecule has 1 N–H and O–H groups in total. The Bertz CT molecular complexity index is 156. The molecule has 0 aromatic rings. The molecule has 92 valence electrons. The summed E-state index contributed by atoms with van der Waals surface area (Å²) in [5, 5.41) is 3.38. The van der Waals surface area contributed by atoms with E-state index < -0.39 is 0 Å². The molecule has 1 fully saturated rings. The normalized spacial score (nSPS) is 20.0. The Morgan fingerprint density at radius 3 is 2.27 bits per heavy atom. The fourth-order valence-electron chi connectivity index (χ4n) is 2.13. The van der Waals surface area contributed by atoms with Gasteiger partial charge in [-0.15, -0.1) is 0 Å². The second-order valence-corrected chi connectivity index (χ2v) is 4.89. The largest absolute Gasteiger partial charge is 0.316 e. The minimum absolute atomic E-state index is 0. The zero-order valence-corrected chi connectivity index (χ0v) is 10.6. The number of piperazine rings is 1. The van der Waals surface area contributed by atoms with Crippen LogP contribution < -0.4 is 5.32 Å². The molecular formula is C12H29N3. The summed E-state index contributed by atoms with van der Waals surface area (Å²) in [6, 6.07) is 0. The quantitative estimate of drug-likeness (QED) is 0.670. The summed E-state index contributed by atoms with van der Waals surface area (Å²) >= 11 is 0. The SMILES string of the molecule is CCNCCN1CCN(CC(C)C)CC1.[HH]. The lowest BCUT2D eigenvalue weighted by molar-refractivity contribution is 0.123. The Morgan fingerprint density at radius 1 is 1.13 bits per heavy atom. The molecule has 1 rings (SSSR count). The van der Waals surface area contributed by atoms with Crippen molar-refractivity contribution in [2.24, 2.45) is 5.92 Å². The van der Waals surface area contributed by atoms with Gasteiger partial charge in [0.05, 0.1) is 0 Å². The first-order valence-corrected chi connectivity index (χ1v) is 6.37. The van der Waals surface area contributed by atoms with Crippen molar-refractivity contribution in [1.29, 1.82) is 0 Å². The highest BCUT2D eigenvalue weighted by Crippen LogP contribution is 2.04. The maximum atomic E-state index is 3.38. The second-order valence-electron chi connectivity index (χ2n) is 4.89. The van der Waals surface area contributed by atoms with Crippen molar-refractivity contribution < 1.29 is 1.43 Å². The Balaban J connectivity index is 0.00000225. The third-order valence-electron chi connectivity index (χ3n) is 2.94. The van der Waals surface area contributed by atoms with Crippen LogP contribution in [0, 0.1) is 5.92 Å². The van der Waals surface area contributed by atoms with E-state index in [-0.39, 0.29) is 1.43 Å². The Morgan fingerprint density at radius 2 is 1.73 bits per heavy atom. The van der Waals surface area contributed by atoms with E-state index in [1.165, 1.54) is 39.3 Å². The zero-order chi connectivity index (χ0) is 11.1. The van der Waals surface area contributed by atoms with Crippen LogP contribution in [0.3, 0.4) is 0 Å². The fraction of sp³-hybridized carbons (Fsp3) is 1.00. The van der Waals surface area contributed by atoms with E-state index in [2.05, 4.69) is 35.9 Å². The van der Waals surface area contributed by atoms with E-state index in [1.807, 2.05) is 0 Å². The van der Waals surface area contributed by atoms with Crippen LogP contribution in [0.4, 0.5) is 0 Å². The third-order valence-corrected chi connectivity index (χ3v) is 2.94. The van der Waals surface area contributed by atoms with Gasteiger partial charge in [0, 0.05) is 47.2 Å². The molecule has 0 bridgehead atoms. The summed E-state index contributed by atoms with van der Waals surface area (Å²) < 4.78 is 0. The molecule has 0 radical (unpaired) electrons. The van der Waals surface area contributed by atoms with Gasteiger partial charge >= 0.3 is 0 Å². The Labute approximate surface area is 96.3 Å². The van der Waals surface area contributed by atoms with Crippen molar-refractivity contribution in [3.8, 4) is 0 Å². The van der Waals surface area contributed by atoms with E-state index in [0.29, 0.717) is 0 Å². The average Bonchev–Trinajstić information content (AvgIpc) is 2.20.